The second-order valence-electron chi connectivity index (χ2n) is 6.59. The number of aliphatic hydroxyl groups is 1. The summed E-state index contributed by atoms with van der Waals surface area (Å²) >= 11 is 0. The van der Waals surface area contributed by atoms with Gasteiger partial charge in [0.2, 0.25) is 11.8 Å². The van der Waals surface area contributed by atoms with Gasteiger partial charge in [-0.3, -0.25) is 9.69 Å². The average Bonchev–Trinajstić information content (AvgIpc) is 3.21. The molecular weight excluding hydrogens is 300 g/mol. The number of methoxy groups -OCH3 is 1. The highest BCUT2D eigenvalue weighted by molar-refractivity contribution is 5.85. The predicted molar refractivity (Wildman–Crippen MR) is 80.4 cm³/mol. The minimum absolute atomic E-state index is 0.105. The van der Waals surface area contributed by atoms with E-state index in [0.29, 0.717) is 51.0 Å². The Hall–Kier alpha value is -1.51. The monoisotopic (exact) mass is 324 g/mol. The van der Waals surface area contributed by atoms with Crippen LogP contribution in [0.15, 0.2) is 4.52 Å². The van der Waals surface area contributed by atoms with E-state index in [9.17, 15) is 9.90 Å². The van der Waals surface area contributed by atoms with Crippen molar-refractivity contribution in [2.24, 2.45) is 5.41 Å². The molecule has 1 atom stereocenters. The zero-order valence-corrected chi connectivity index (χ0v) is 13.7. The highest BCUT2D eigenvalue weighted by Crippen LogP contribution is 2.47. The summed E-state index contributed by atoms with van der Waals surface area (Å²) in [6.07, 6.45) is 1.16. The molecule has 1 aromatic rings. The molecule has 1 saturated carbocycles. The van der Waals surface area contributed by atoms with Crippen molar-refractivity contribution in [2.45, 2.75) is 32.4 Å². The van der Waals surface area contributed by atoms with Crippen LogP contribution >= 0.6 is 0 Å². The van der Waals surface area contributed by atoms with E-state index in [-0.39, 0.29) is 11.3 Å². The smallest absolute Gasteiger partial charge is 0.240 e. The molecular formula is C15H24N4O4. The van der Waals surface area contributed by atoms with E-state index in [4.69, 9.17) is 9.26 Å². The number of hydrogen-bond donors (Lipinski definition) is 1. The normalized spacial score (nSPS) is 24.5. The molecule has 23 heavy (non-hydrogen) atoms. The van der Waals surface area contributed by atoms with Crippen molar-refractivity contribution >= 4 is 5.91 Å². The molecule has 0 unspecified atom stereocenters. The van der Waals surface area contributed by atoms with Gasteiger partial charge < -0.3 is 19.3 Å². The Balaban J connectivity index is 1.60. The molecule has 0 aromatic carbocycles. The van der Waals surface area contributed by atoms with Crippen LogP contribution < -0.4 is 0 Å². The highest BCUT2D eigenvalue weighted by atomic mass is 16.5. The number of ether oxygens (including phenoxy) is 1. The number of rotatable bonds is 5. The van der Waals surface area contributed by atoms with Gasteiger partial charge in [-0.1, -0.05) is 5.16 Å². The predicted octanol–water partition coefficient (Wildman–Crippen LogP) is -0.190. The Labute approximate surface area is 135 Å². The quantitative estimate of drug-likeness (QED) is 0.802. The van der Waals surface area contributed by atoms with Crippen molar-refractivity contribution in [2.75, 3.05) is 39.9 Å². The van der Waals surface area contributed by atoms with Crippen LogP contribution in [0.2, 0.25) is 0 Å². The first-order valence-electron chi connectivity index (χ1n) is 8.00. The average molecular weight is 324 g/mol. The molecule has 1 aliphatic heterocycles. The number of carbonyl (C=O) groups excluding carboxylic acids is 1. The van der Waals surface area contributed by atoms with Crippen molar-refractivity contribution in [3.8, 4) is 0 Å². The van der Waals surface area contributed by atoms with E-state index in [1.54, 1.807) is 18.9 Å². The Morgan fingerprint density at radius 3 is 2.83 bits per heavy atom. The van der Waals surface area contributed by atoms with Crippen molar-refractivity contribution in [3.05, 3.63) is 11.7 Å². The van der Waals surface area contributed by atoms with E-state index >= 15 is 0 Å². The van der Waals surface area contributed by atoms with E-state index in [0.717, 1.165) is 12.8 Å². The van der Waals surface area contributed by atoms with Crippen LogP contribution in [0.4, 0.5) is 0 Å². The van der Waals surface area contributed by atoms with Crippen molar-refractivity contribution < 1.29 is 19.2 Å². The number of aliphatic hydroxyl groups excluding tert-OH is 1. The number of aryl methyl sites for hydroxylation is 1. The summed E-state index contributed by atoms with van der Waals surface area (Å²) in [5.74, 6) is 1.24. The van der Waals surface area contributed by atoms with Crippen LogP contribution in [0.5, 0.6) is 0 Å². The Morgan fingerprint density at radius 1 is 1.43 bits per heavy atom. The summed E-state index contributed by atoms with van der Waals surface area (Å²) in [5.41, 5.74) is -0.354. The lowest BCUT2D eigenvalue weighted by Crippen LogP contribution is -2.43. The summed E-state index contributed by atoms with van der Waals surface area (Å²) in [4.78, 5) is 20.7. The summed E-state index contributed by atoms with van der Waals surface area (Å²) in [6, 6.07) is 0. The minimum atomic E-state index is -0.580. The highest BCUT2D eigenvalue weighted by Gasteiger charge is 2.52. The molecule has 2 heterocycles. The topological polar surface area (TPSA) is 91.9 Å². The standard InChI is InChI=1S/C15H24N4O4/c1-11-16-13(23-17-11)9-18-5-6-19(8-12(20)7-18)14(21)15(3-4-15)10-22-2/h12,20H,3-10H2,1-2H3/t12-/m0/s1. The number of hydrogen-bond acceptors (Lipinski definition) is 7. The van der Waals surface area contributed by atoms with Crippen LogP contribution in [-0.2, 0) is 16.1 Å². The van der Waals surface area contributed by atoms with Crippen molar-refractivity contribution in [1.82, 2.24) is 19.9 Å². The molecule has 1 aromatic heterocycles. The Bertz CT molecular complexity index is 557. The zero-order valence-electron chi connectivity index (χ0n) is 13.7. The molecule has 1 aliphatic carbocycles. The maximum Gasteiger partial charge on any atom is 0.240 e. The molecule has 2 aliphatic rings. The molecule has 8 nitrogen and oxygen atoms in total. The zero-order chi connectivity index (χ0) is 16.4. The number of amides is 1. The fourth-order valence-corrected chi connectivity index (χ4v) is 3.16. The lowest BCUT2D eigenvalue weighted by atomic mass is 10.1. The number of carbonyl (C=O) groups is 1. The van der Waals surface area contributed by atoms with Crippen LogP contribution in [0.3, 0.4) is 0 Å². The van der Waals surface area contributed by atoms with Gasteiger partial charge in [0.25, 0.3) is 0 Å². The summed E-state index contributed by atoms with van der Waals surface area (Å²) < 4.78 is 10.3. The maximum absolute atomic E-state index is 12.7. The number of nitrogens with zero attached hydrogens (tertiary/aromatic N) is 4. The molecule has 2 fully saturated rings. The third kappa shape index (κ3) is 3.70. The fraction of sp³-hybridized carbons (Fsp3) is 0.800. The van der Waals surface area contributed by atoms with Gasteiger partial charge in [0.1, 0.15) is 0 Å². The SMILES string of the molecule is COCC1(C(=O)N2CCN(Cc3nc(C)no3)C[C@H](O)C2)CC1. The van der Waals surface area contributed by atoms with Gasteiger partial charge in [-0.2, -0.15) is 4.98 Å². The van der Waals surface area contributed by atoms with Gasteiger partial charge >= 0.3 is 0 Å². The maximum atomic E-state index is 12.7. The van der Waals surface area contributed by atoms with Gasteiger partial charge in [-0.25, -0.2) is 0 Å². The molecule has 1 amide bonds. The third-order valence-electron chi connectivity index (χ3n) is 4.53. The van der Waals surface area contributed by atoms with Crippen LogP contribution in [0.25, 0.3) is 0 Å². The van der Waals surface area contributed by atoms with Crippen LogP contribution in [0.1, 0.15) is 24.6 Å². The minimum Gasteiger partial charge on any atom is -0.390 e. The summed E-state index contributed by atoms with van der Waals surface area (Å²) in [7, 11) is 1.62. The van der Waals surface area contributed by atoms with Gasteiger partial charge in [0.15, 0.2) is 5.82 Å². The summed E-state index contributed by atoms with van der Waals surface area (Å²) in [6.45, 7) is 4.84. The molecule has 0 spiro atoms. The van der Waals surface area contributed by atoms with E-state index in [1.807, 2.05) is 4.90 Å². The van der Waals surface area contributed by atoms with E-state index < -0.39 is 6.10 Å². The molecule has 0 bridgehead atoms. The molecule has 128 valence electrons. The number of β-amino-alcohol motifs (C(OH)–C–C–N with tert-alkyl or cyclic N) is 1. The lowest BCUT2D eigenvalue weighted by molar-refractivity contribution is -0.140. The molecule has 0 radical (unpaired) electrons. The first kappa shape index (κ1) is 16.4. The second-order valence-corrected chi connectivity index (χ2v) is 6.59. The van der Waals surface area contributed by atoms with E-state index in [1.165, 1.54) is 0 Å². The molecule has 1 saturated heterocycles. The van der Waals surface area contributed by atoms with Gasteiger partial charge in [-0.05, 0) is 19.8 Å². The fourth-order valence-electron chi connectivity index (χ4n) is 3.16. The van der Waals surface area contributed by atoms with Gasteiger partial charge in [0, 0.05) is 33.3 Å². The third-order valence-corrected chi connectivity index (χ3v) is 4.53. The van der Waals surface area contributed by atoms with E-state index in [2.05, 4.69) is 10.1 Å². The molecule has 8 heteroatoms. The Morgan fingerprint density at radius 2 is 2.22 bits per heavy atom. The molecule has 3 rings (SSSR count). The van der Waals surface area contributed by atoms with Gasteiger partial charge in [0.05, 0.1) is 24.7 Å². The number of aromatic nitrogens is 2. The van der Waals surface area contributed by atoms with Crippen molar-refractivity contribution in [1.29, 1.82) is 0 Å². The largest absolute Gasteiger partial charge is 0.390 e. The second kappa shape index (κ2) is 6.54. The lowest BCUT2D eigenvalue weighted by Gasteiger charge is -2.26. The molecule has 1 N–H and O–H groups in total. The van der Waals surface area contributed by atoms with Crippen molar-refractivity contribution in [3.63, 3.8) is 0 Å². The van der Waals surface area contributed by atoms with Crippen LogP contribution in [0, 0.1) is 12.3 Å². The summed E-state index contributed by atoms with van der Waals surface area (Å²) in [5, 5.41) is 14.0. The first-order valence-corrected chi connectivity index (χ1v) is 8.00. The van der Waals surface area contributed by atoms with Crippen LogP contribution in [-0.4, -0.2) is 77.0 Å². The van der Waals surface area contributed by atoms with Gasteiger partial charge in [-0.15, -0.1) is 0 Å². The first-order chi connectivity index (χ1) is 11.0. The Kier molecular flexibility index (Phi) is 4.65.